The van der Waals surface area contributed by atoms with E-state index < -0.39 is 11.9 Å². The van der Waals surface area contributed by atoms with Gasteiger partial charge in [-0.3, -0.25) is 0 Å². The average Bonchev–Trinajstić information content (AvgIpc) is 2.45. The van der Waals surface area contributed by atoms with Crippen molar-refractivity contribution in [2.45, 2.75) is 11.3 Å². The number of benzene rings is 1. The van der Waals surface area contributed by atoms with Crippen LogP contribution in [0.4, 0.5) is 13.2 Å². The molecule has 0 saturated heterocycles. The van der Waals surface area contributed by atoms with E-state index in [0.29, 0.717) is 11.3 Å². The van der Waals surface area contributed by atoms with Gasteiger partial charge < -0.3 is 4.74 Å². The molecule has 0 fully saturated rings. The van der Waals surface area contributed by atoms with Crippen LogP contribution in [0, 0.1) is 0 Å². The van der Waals surface area contributed by atoms with Gasteiger partial charge in [-0.1, -0.05) is 23.9 Å². The molecule has 1 aromatic heterocycles. The van der Waals surface area contributed by atoms with E-state index in [1.165, 1.54) is 7.11 Å². The second-order valence-corrected chi connectivity index (χ2v) is 4.60. The van der Waals surface area contributed by atoms with Gasteiger partial charge in [0, 0.05) is 5.56 Å². The van der Waals surface area contributed by atoms with Gasteiger partial charge >= 0.3 is 6.18 Å². The first-order chi connectivity index (χ1) is 9.45. The van der Waals surface area contributed by atoms with E-state index in [2.05, 4.69) is 9.97 Å². The number of hydrogen-bond donors (Lipinski definition) is 0. The summed E-state index contributed by atoms with van der Waals surface area (Å²) in [6.07, 6.45) is -2.88. The van der Waals surface area contributed by atoms with Crippen molar-refractivity contribution in [2.24, 2.45) is 0 Å². The van der Waals surface area contributed by atoms with Crippen molar-refractivity contribution in [3.05, 3.63) is 36.0 Å². The van der Waals surface area contributed by atoms with Gasteiger partial charge in [-0.2, -0.15) is 13.2 Å². The first-order valence-electron chi connectivity index (χ1n) is 5.59. The van der Waals surface area contributed by atoms with Crippen LogP contribution >= 0.6 is 11.8 Å². The van der Waals surface area contributed by atoms with Crippen LogP contribution in [0.15, 0.2) is 35.5 Å². The third-order valence-corrected chi connectivity index (χ3v) is 3.11. The number of para-hydroxylation sites is 1. The molecular formula is C13H11F3N2OS. The van der Waals surface area contributed by atoms with Crippen LogP contribution in [-0.2, 0) is 6.18 Å². The number of aromatic nitrogens is 2. The Labute approximate surface area is 118 Å². The van der Waals surface area contributed by atoms with Gasteiger partial charge in [0.05, 0.1) is 12.8 Å². The molecule has 0 N–H and O–H groups in total. The highest BCUT2D eigenvalue weighted by Gasteiger charge is 2.34. The van der Waals surface area contributed by atoms with Crippen LogP contribution in [0.5, 0.6) is 5.75 Å². The zero-order chi connectivity index (χ0) is 14.8. The summed E-state index contributed by atoms with van der Waals surface area (Å²) in [5.74, 6) is 0.464. The Morgan fingerprint density at radius 2 is 1.85 bits per heavy atom. The molecule has 0 radical (unpaired) electrons. The van der Waals surface area contributed by atoms with Crippen molar-refractivity contribution >= 4 is 11.8 Å². The molecule has 0 amide bonds. The highest BCUT2D eigenvalue weighted by atomic mass is 32.2. The van der Waals surface area contributed by atoms with Crippen molar-refractivity contribution in [1.82, 2.24) is 9.97 Å². The minimum atomic E-state index is -4.51. The van der Waals surface area contributed by atoms with Gasteiger partial charge in [0.15, 0.2) is 5.16 Å². The molecule has 2 rings (SSSR count). The maximum absolute atomic E-state index is 12.9. The van der Waals surface area contributed by atoms with Crippen molar-refractivity contribution in [2.75, 3.05) is 13.4 Å². The minimum Gasteiger partial charge on any atom is -0.496 e. The van der Waals surface area contributed by atoms with Crippen molar-refractivity contribution in [1.29, 1.82) is 0 Å². The Morgan fingerprint density at radius 3 is 2.45 bits per heavy atom. The summed E-state index contributed by atoms with van der Waals surface area (Å²) in [4.78, 5) is 7.61. The molecule has 7 heteroatoms. The smallest absolute Gasteiger partial charge is 0.433 e. The lowest BCUT2D eigenvalue weighted by Crippen LogP contribution is -2.10. The lowest BCUT2D eigenvalue weighted by Gasteiger charge is -2.11. The quantitative estimate of drug-likeness (QED) is 0.636. The standard InChI is InChI=1S/C13H11F3N2OS/c1-19-10-6-4-3-5-8(10)9-7-11(13(14,15)16)18-12(17-9)20-2/h3-7H,1-2H3. The maximum Gasteiger partial charge on any atom is 0.433 e. The molecule has 0 spiro atoms. The first kappa shape index (κ1) is 14.6. The van der Waals surface area contributed by atoms with E-state index in [1.54, 1.807) is 30.5 Å². The summed E-state index contributed by atoms with van der Waals surface area (Å²) >= 11 is 1.06. The van der Waals surface area contributed by atoms with E-state index in [0.717, 1.165) is 17.8 Å². The van der Waals surface area contributed by atoms with Crippen LogP contribution in [0.1, 0.15) is 5.69 Å². The number of hydrogen-bond acceptors (Lipinski definition) is 4. The van der Waals surface area contributed by atoms with Gasteiger partial charge in [0.1, 0.15) is 11.4 Å². The SMILES string of the molecule is COc1ccccc1-c1cc(C(F)(F)F)nc(SC)n1. The van der Waals surface area contributed by atoms with Crippen LogP contribution in [0.3, 0.4) is 0 Å². The zero-order valence-corrected chi connectivity index (χ0v) is 11.5. The molecule has 0 atom stereocenters. The molecule has 3 nitrogen and oxygen atoms in total. The predicted octanol–water partition coefficient (Wildman–Crippen LogP) is 3.89. The molecule has 2 aromatic rings. The second kappa shape index (κ2) is 5.70. The van der Waals surface area contributed by atoms with Gasteiger partial charge in [-0.25, -0.2) is 9.97 Å². The fourth-order valence-electron chi connectivity index (χ4n) is 1.66. The molecule has 0 unspecified atom stereocenters. The van der Waals surface area contributed by atoms with E-state index in [1.807, 2.05) is 0 Å². The number of ether oxygens (including phenoxy) is 1. The Bertz CT molecular complexity index is 617. The summed E-state index contributed by atoms with van der Waals surface area (Å²) in [5.41, 5.74) is -0.273. The van der Waals surface area contributed by atoms with Crippen molar-refractivity contribution in [3.8, 4) is 17.0 Å². The van der Waals surface area contributed by atoms with Crippen LogP contribution in [0.25, 0.3) is 11.3 Å². The molecule has 20 heavy (non-hydrogen) atoms. The molecule has 0 bridgehead atoms. The molecule has 0 aliphatic carbocycles. The third-order valence-electron chi connectivity index (χ3n) is 2.56. The Hall–Kier alpha value is -1.76. The molecular weight excluding hydrogens is 289 g/mol. The number of alkyl halides is 3. The number of thioether (sulfide) groups is 1. The number of nitrogens with zero attached hydrogens (tertiary/aromatic N) is 2. The van der Waals surface area contributed by atoms with Crippen LogP contribution < -0.4 is 4.74 Å². The van der Waals surface area contributed by atoms with Gasteiger partial charge in [0.25, 0.3) is 0 Å². The number of methoxy groups -OCH3 is 1. The first-order valence-corrected chi connectivity index (χ1v) is 6.82. The minimum absolute atomic E-state index is 0.0701. The summed E-state index contributed by atoms with van der Waals surface area (Å²) in [7, 11) is 1.46. The van der Waals surface area contributed by atoms with Crippen molar-refractivity contribution < 1.29 is 17.9 Å². The monoisotopic (exact) mass is 300 g/mol. The normalized spacial score (nSPS) is 11.4. The fraction of sp³-hybridized carbons (Fsp3) is 0.231. The molecule has 1 heterocycles. The molecule has 1 aromatic carbocycles. The molecule has 0 aliphatic rings. The summed E-state index contributed by atoms with van der Waals surface area (Å²) in [6, 6.07) is 7.71. The van der Waals surface area contributed by atoms with Gasteiger partial charge in [-0.05, 0) is 24.5 Å². The molecule has 0 aliphatic heterocycles. The second-order valence-electron chi connectivity index (χ2n) is 3.82. The number of rotatable bonds is 3. The lowest BCUT2D eigenvalue weighted by atomic mass is 10.1. The third kappa shape index (κ3) is 3.04. The lowest BCUT2D eigenvalue weighted by molar-refractivity contribution is -0.141. The topological polar surface area (TPSA) is 35.0 Å². The highest BCUT2D eigenvalue weighted by molar-refractivity contribution is 7.98. The highest BCUT2D eigenvalue weighted by Crippen LogP contribution is 2.34. The van der Waals surface area contributed by atoms with E-state index in [4.69, 9.17) is 4.74 Å². The Balaban J connectivity index is 2.62. The fourth-order valence-corrected chi connectivity index (χ4v) is 2.04. The summed E-state index contributed by atoms with van der Waals surface area (Å²) in [6.45, 7) is 0. The number of halogens is 3. The van der Waals surface area contributed by atoms with E-state index >= 15 is 0 Å². The zero-order valence-electron chi connectivity index (χ0n) is 10.7. The van der Waals surface area contributed by atoms with Gasteiger partial charge in [-0.15, -0.1) is 0 Å². The van der Waals surface area contributed by atoms with Crippen LogP contribution in [0.2, 0.25) is 0 Å². The molecule has 0 saturated carbocycles. The summed E-state index contributed by atoms with van der Waals surface area (Å²) in [5, 5.41) is 0.0701. The maximum atomic E-state index is 12.9. The molecule has 106 valence electrons. The van der Waals surface area contributed by atoms with E-state index in [9.17, 15) is 13.2 Å². The van der Waals surface area contributed by atoms with Crippen molar-refractivity contribution in [3.63, 3.8) is 0 Å². The summed E-state index contributed by atoms with van der Waals surface area (Å²) < 4.78 is 43.7. The van der Waals surface area contributed by atoms with Crippen LogP contribution in [-0.4, -0.2) is 23.3 Å². The predicted molar refractivity (Wildman–Crippen MR) is 70.8 cm³/mol. The average molecular weight is 300 g/mol. The van der Waals surface area contributed by atoms with E-state index in [-0.39, 0.29) is 10.9 Å². The van der Waals surface area contributed by atoms with Gasteiger partial charge in [0.2, 0.25) is 0 Å². The largest absolute Gasteiger partial charge is 0.496 e. The Morgan fingerprint density at radius 1 is 1.15 bits per heavy atom. The Kier molecular flexibility index (Phi) is 4.17.